The number of nitrogens with zero attached hydrogens (tertiary/aromatic N) is 2. The molecule has 0 saturated carbocycles. The molecule has 1 rings (SSSR count). The molecule has 0 spiro atoms. The van der Waals surface area contributed by atoms with Gasteiger partial charge in [-0.3, -0.25) is 0 Å². The molecule has 1 aromatic heterocycles. The third-order valence-corrected chi connectivity index (χ3v) is 0.637. The van der Waals surface area contributed by atoms with Gasteiger partial charge in [-0.15, -0.1) is 0 Å². The maximum atomic E-state index is 8.81. The van der Waals surface area contributed by atoms with Crippen LogP contribution in [0, 0.1) is 0 Å². The highest BCUT2D eigenvalue weighted by Crippen LogP contribution is 1.73. The van der Waals surface area contributed by atoms with Crippen LogP contribution in [0.2, 0.25) is 0 Å². The molecule has 0 bridgehead atoms. The lowest BCUT2D eigenvalue weighted by Gasteiger charge is -1.76. The Kier molecular flexibility index (Phi) is 4.40. The maximum absolute atomic E-state index is 8.81. The predicted molar refractivity (Wildman–Crippen MR) is 34.9 cm³/mol. The zero-order valence-corrected chi connectivity index (χ0v) is 5.61. The minimum atomic E-state index is 0.750. The number of hydrogen-bond acceptors (Lipinski definition) is 2. The van der Waals surface area contributed by atoms with Crippen LogP contribution in [0.25, 0.3) is 0 Å². The summed E-state index contributed by atoms with van der Waals surface area (Å²) in [6, 6.07) is 0. The highest BCUT2D eigenvalue weighted by molar-refractivity contribution is 5.44. The lowest BCUT2D eigenvalue weighted by Crippen LogP contribution is -1.76. The van der Waals surface area contributed by atoms with Gasteiger partial charge in [0.1, 0.15) is 6.29 Å². The fourth-order valence-corrected chi connectivity index (χ4v) is 0.326. The molecule has 0 amide bonds. The quantitative estimate of drug-likeness (QED) is 0.478. The van der Waals surface area contributed by atoms with Crippen molar-refractivity contribution < 1.29 is 4.79 Å². The Bertz CT molecular complexity index is 146. The molecule has 1 aromatic rings. The second-order valence-electron chi connectivity index (χ2n) is 1.46. The summed E-state index contributed by atoms with van der Waals surface area (Å²) >= 11 is 0. The standard InChI is InChI=1S/C4H6N2.C2H4O/c1-6-3-2-5-4-6;1-2-3/h2-4H,1H3;2H,1H3. The average molecular weight is 126 g/mol. The first-order valence-electron chi connectivity index (χ1n) is 2.63. The molecule has 9 heavy (non-hydrogen) atoms. The van der Waals surface area contributed by atoms with Gasteiger partial charge < -0.3 is 9.36 Å². The topological polar surface area (TPSA) is 34.9 Å². The third-order valence-electron chi connectivity index (χ3n) is 0.637. The summed E-state index contributed by atoms with van der Waals surface area (Å²) in [6.07, 6.45) is 6.14. The van der Waals surface area contributed by atoms with Gasteiger partial charge in [-0.2, -0.15) is 0 Å². The highest BCUT2D eigenvalue weighted by atomic mass is 16.1. The van der Waals surface area contributed by atoms with Crippen molar-refractivity contribution in [2.45, 2.75) is 6.92 Å². The van der Waals surface area contributed by atoms with E-state index < -0.39 is 0 Å². The number of imidazole rings is 1. The molecule has 0 unspecified atom stereocenters. The van der Waals surface area contributed by atoms with Gasteiger partial charge in [-0.1, -0.05) is 0 Å². The van der Waals surface area contributed by atoms with Crippen molar-refractivity contribution in [3.63, 3.8) is 0 Å². The zero-order valence-electron chi connectivity index (χ0n) is 5.61. The Morgan fingerprint density at radius 3 is 2.33 bits per heavy atom. The van der Waals surface area contributed by atoms with E-state index in [9.17, 15) is 0 Å². The van der Waals surface area contributed by atoms with E-state index in [2.05, 4.69) is 4.98 Å². The van der Waals surface area contributed by atoms with E-state index in [1.165, 1.54) is 6.92 Å². The molecule has 1 heterocycles. The zero-order chi connectivity index (χ0) is 7.11. The molecule has 0 aliphatic carbocycles. The van der Waals surface area contributed by atoms with Crippen molar-refractivity contribution in [2.75, 3.05) is 0 Å². The molecule has 0 radical (unpaired) electrons. The maximum Gasteiger partial charge on any atom is 0.116 e. The van der Waals surface area contributed by atoms with Gasteiger partial charge in [-0.25, -0.2) is 4.98 Å². The molecule has 0 aliphatic rings. The van der Waals surface area contributed by atoms with E-state index >= 15 is 0 Å². The van der Waals surface area contributed by atoms with Crippen LogP contribution in [0.4, 0.5) is 0 Å². The van der Waals surface area contributed by atoms with Gasteiger partial charge in [0.15, 0.2) is 0 Å². The lowest BCUT2D eigenvalue weighted by atomic mass is 10.9. The van der Waals surface area contributed by atoms with Gasteiger partial charge in [-0.05, 0) is 6.92 Å². The van der Waals surface area contributed by atoms with Crippen LogP contribution in [-0.4, -0.2) is 15.8 Å². The second kappa shape index (κ2) is 5.03. The summed E-state index contributed by atoms with van der Waals surface area (Å²) in [5, 5.41) is 0. The van der Waals surface area contributed by atoms with E-state index in [0.717, 1.165) is 6.29 Å². The molecule has 50 valence electrons. The number of aryl methyl sites for hydroxylation is 1. The number of rotatable bonds is 0. The lowest BCUT2D eigenvalue weighted by molar-refractivity contribution is -0.106. The second-order valence-corrected chi connectivity index (χ2v) is 1.46. The van der Waals surface area contributed by atoms with Gasteiger partial charge in [0.2, 0.25) is 0 Å². The Labute approximate surface area is 54.3 Å². The van der Waals surface area contributed by atoms with E-state index in [-0.39, 0.29) is 0 Å². The van der Waals surface area contributed by atoms with Crippen LogP contribution in [0.5, 0.6) is 0 Å². The van der Waals surface area contributed by atoms with Crippen LogP contribution >= 0.6 is 0 Å². The number of aldehydes is 1. The van der Waals surface area contributed by atoms with Crippen LogP contribution < -0.4 is 0 Å². The van der Waals surface area contributed by atoms with Crippen LogP contribution in [0.1, 0.15) is 6.92 Å². The van der Waals surface area contributed by atoms with Crippen molar-refractivity contribution in [3.05, 3.63) is 18.7 Å². The first kappa shape index (κ1) is 7.88. The van der Waals surface area contributed by atoms with Crippen molar-refractivity contribution in [1.29, 1.82) is 0 Å². The SMILES string of the molecule is CC=O.Cn1ccnc1. The molecule has 0 atom stereocenters. The van der Waals surface area contributed by atoms with Crippen molar-refractivity contribution in [3.8, 4) is 0 Å². The van der Waals surface area contributed by atoms with E-state index in [1.54, 1.807) is 12.5 Å². The minimum absolute atomic E-state index is 0.750. The molecule has 0 N–H and O–H groups in total. The Morgan fingerprint density at radius 1 is 1.67 bits per heavy atom. The molecular formula is C6H10N2O. The highest BCUT2D eigenvalue weighted by Gasteiger charge is 1.69. The van der Waals surface area contributed by atoms with Crippen molar-refractivity contribution in [2.24, 2.45) is 7.05 Å². The molecule has 0 aromatic carbocycles. The Balaban J connectivity index is 0.000000187. The first-order valence-corrected chi connectivity index (χ1v) is 2.63. The summed E-state index contributed by atoms with van der Waals surface area (Å²) in [6.45, 7) is 1.44. The monoisotopic (exact) mass is 126 g/mol. The van der Waals surface area contributed by atoms with Crippen molar-refractivity contribution >= 4 is 6.29 Å². The summed E-state index contributed by atoms with van der Waals surface area (Å²) in [4.78, 5) is 12.6. The fraction of sp³-hybridized carbons (Fsp3) is 0.333. The third kappa shape index (κ3) is 4.74. The predicted octanol–water partition coefficient (Wildman–Crippen LogP) is 0.625. The van der Waals surface area contributed by atoms with Crippen LogP contribution in [0.3, 0.4) is 0 Å². The van der Waals surface area contributed by atoms with E-state index in [4.69, 9.17) is 4.79 Å². The normalized spacial score (nSPS) is 7.33. The summed E-state index contributed by atoms with van der Waals surface area (Å²) in [7, 11) is 1.94. The van der Waals surface area contributed by atoms with Gasteiger partial charge in [0, 0.05) is 19.4 Å². The summed E-state index contributed by atoms with van der Waals surface area (Å²) in [5.41, 5.74) is 0. The van der Waals surface area contributed by atoms with E-state index in [0.29, 0.717) is 0 Å². The molecule has 0 aliphatic heterocycles. The molecule has 0 saturated heterocycles. The number of carbonyl (C=O) groups excluding carboxylic acids is 1. The first-order chi connectivity index (χ1) is 4.31. The van der Waals surface area contributed by atoms with Gasteiger partial charge in [0.25, 0.3) is 0 Å². The van der Waals surface area contributed by atoms with Crippen molar-refractivity contribution in [1.82, 2.24) is 9.55 Å². The fourth-order valence-electron chi connectivity index (χ4n) is 0.326. The van der Waals surface area contributed by atoms with Gasteiger partial charge >= 0.3 is 0 Å². The summed E-state index contributed by atoms with van der Waals surface area (Å²) in [5.74, 6) is 0. The molecular weight excluding hydrogens is 116 g/mol. The molecule has 0 fully saturated rings. The minimum Gasteiger partial charge on any atom is -0.341 e. The Morgan fingerprint density at radius 2 is 2.22 bits per heavy atom. The van der Waals surface area contributed by atoms with E-state index in [1.807, 2.05) is 17.8 Å². The molecule has 3 heteroatoms. The number of hydrogen-bond donors (Lipinski definition) is 0. The number of carbonyl (C=O) groups is 1. The number of aromatic nitrogens is 2. The van der Waals surface area contributed by atoms with Crippen LogP contribution in [-0.2, 0) is 11.8 Å². The molecule has 3 nitrogen and oxygen atoms in total. The summed E-state index contributed by atoms with van der Waals surface area (Å²) < 4.78 is 1.89. The van der Waals surface area contributed by atoms with Gasteiger partial charge in [0.05, 0.1) is 6.33 Å². The largest absolute Gasteiger partial charge is 0.341 e. The Hall–Kier alpha value is -1.12. The van der Waals surface area contributed by atoms with Crippen LogP contribution in [0.15, 0.2) is 18.7 Å². The average Bonchev–Trinajstić information content (AvgIpc) is 2.20. The smallest absolute Gasteiger partial charge is 0.116 e.